The van der Waals surface area contributed by atoms with Gasteiger partial charge in [-0.05, 0) is 74.4 Å². The first-order chi connectivity index (χ1) is 14.6. The first kappa shape index (κ1) is 22.7. The summed E-state index contributed by atoms with van der Waals surface area (Å²) >= 11 is 5.87. The molecule has 0 aromatic heterocycles. The lowest BCUT2D eigenvalue weighted by atomic mass is 10.1. The molecule has 3 rings (SSSR count). The normalized spacial score (nSPS) is 11.1. The molecule has 0 saturated carbocycles. The number of halogens is 1. The molecule has 0 aliphatic carbocycles. The summed E-state index contributed by atoms with van der Waals surface area (Å²) in [5.41, 5.74) is 3.85. The maximum Gasteiger partial charge on any atom is 0.261 e. The van der Waals surface area contributed by atoms with Crippen molar-refractivity contribution in [2.75, 3.05) is 17.1 Å². The van der Waals surface area contributed by atoms with E-state index in [1.165, 1.54) is 25.3 Å². The van der Waals surface area contributed by atoms with E-state index in [9.17, 15) is 13.2 Å². The van der Waals surface area contributed by atoms with Crippen LogP contribution in [0.25, 0.3) is 0 Å². The summed E-state index contributed by atoms with van der Waals surface area (Å²) in [4.78, 5) is 12.6. The summed E-state index contributed by atoms with van der Waals surface area (Å²) in [6, 6.07) is 14.5. The number of hydrogen-bond acceptors (Lipinski definition) is 4. The topological polar surface area (TPSA) is 84.5 Å². The van der Waals surface area contributed by atoms with Gasteiger partial charge in [-0.25, -0.2) is 8.42 Å². The fourth-order valence-electron chi connectivity index (χ4n) is 3.28. The fraction of sp³-hybridized carbons (Fsp3) is 0.174. The van der Waals surface area contributed by atoms with Crippen molar-refractivity contribution < 1.29 is 17.9 Å². The van der Waals surface area contributed by atoms with Crippen LogP contribution in [0, 0.1) is 20.8 Å². The van der Waals surface area contributed by atoms with E-state index in [4.69, 9.17) is 16.3 Å². The van der Waals surface area contributed by atoms with E-state index in [-0.39, 0.29) is 10.6 Å². The lowest BCUT2D eigenvalue weighted by Gasteiger charge is -2.16. The fourth-order valence-corrected chi connectivity index (χ4v) is 4.64. The average Bonchev–Trinajstić information content (AvgIpc) is 2.71. The Hall–Kier alpha value is -3.03. The van der Waals surface area contributed by atoms with Gasteiger partial charge in [-0.15, -0.1) is 0 Å². The third kappa shape index (κ3) is 5.18. The number of hydrogen-bond donors (Lipinski definition) is 2. The van der Waals surface area contributed by atoms with E-state index in [1.807, 2.05) is 32.9 Å². The number of anilines is 2. The first-order valence-electron chi connectivity index (χ1n) is 9.46. The maximum atomic E-state index is 13.1. The molecular formula is C23H23ClN2O4S. The summed E-state index contributed by atoms with van der Waals surface area (Å²) in [7, 11) is -2.46. The molecule has 6 nitrogen and oxygen atoms in total. The monoisotopic (exact) mass is 458 g/mol. The molecule has 3 aromatic rings. The highest BCUT2D eigenvalue weighted by molar-refractivity contribution is 7.92. The lowest BCUT2D eigenvalue weighted by Crippen LogP contribution is -2.16. The molecule has 0 radical (unpaired) electrons. The number of aryl methyl sites for hydroxylation is 3. The molecule has 0 spiro atoms. The molecule has 162 valence electrons. The first-order valence-corrected chi connectivity index (χ1v) is 11.3. The third-order valence-corrected chi connectivity index (χ3v) is 6.35. The van der Waals surface area contributed by atoms with Gasteiger partial charge in [-0.1, -0.05) is 29.3 Å². The van der Waals surface area contributed by atoms with E-state index in [0.29, 0.717) is 22.0 Å². The van der Waals surface area contributed by atoms with Crippen LogP contribution in [0.3, 0.4) is 0 Å². The Kier molecular flexibility index (Phi) is 6.57. The minimum Gasteiger partial charge on any atom is -0.495 e. The van der Waals surface area contributed by atoms with Gasteiger partial charge in [0.25, 0.3) is 15.9 Å². The number of carbonyl (C=O) groups excluding carboxylic acids is 1. The van der Waals surface area contributed by atoms with E-state index >= 15 is 0 Å². The molecule has 0 heterocycles. The second-order valence-corrected chi connectivity index (χ2v) is 9.32. The van der Waals surface area contributed by atoms with Crippen molar-refractivity contribution in [1.29, 1.82) is 0 Å². The highest BCUT2D eigenvalue weighted by Gasteiger charge is 2.20. The van der Waals surface area contributed by atoms with Crippen molar-refractivity contribution in [3.05, 3.63) is 81.9 Å². The molecule has 0 bridgehead atoms. The zero-order chi connectivity index (χ0) is 22.8. The highest BCUT2D eigenvalue weighted by atomic mass is 35.5. The van der Waals surface area contributed by atoms with Gasteiger partial charge in [-0.3, -0.25) is 9.52 Å². The molecule has 8 heteroatoms. The Morgan fingerprint density at radius 1 is 0.935 bits per heavy atom. The van der Waals surface area contributed by atoms with Crippen LogP contribution in [-0.4, -0.2) is 21.4 Å². The van der Waals surface area contributed by atoms with E-state index in [2.05, 4.69) is 10.0 Å². The Bertz CT molecular complexity index is 1220. The van der Waals surface area contributed by atoms with Gasteiger partial charge < -0.3 is 10.1 Å². The molecule has 0 aliphatic heterocycles. The van der Waals surface area contributed by atoms with E-state index in [1.54, 1.807) is 24.3 Å². The predicted molar refractivity (Wildman–Crippen MR) is 124 cm³/mol. The SMILES string of the molecule is COc1ccc(S(=O)(=O)Nc2c(C)cc(C)cc2C)cc1NC(=O)c1ccc(Cl)cc1. The molecular weight excluding hydrogens is 436 g/mol. The van der Waals surface area contributed by atoms with Crippen molar-refractivity contribution in [2.24, 2.45) is 0 Å². The molecule has 0 atom stereocenters. The Morgan fingerprint density at radius 2 is 1.55 bits per heavy atom. The molecule has 0 fully saturated rings. The summed E-state index contributed by atoms with van der Waals surface area (Å²) in [6.07, 6.45) is 0. The van der Waals surface area contributed by atoms with Crippen LogP contribution < -0.4 is 14.8 Å². The van der Waals surface area contributed by atoms with Crippen molar-refractivity contribution in [1.82, 2.24) is 0 Å². The molecule has 1 amide bonds. The predicted octanol–water partition coefficient (Wildman–Crippen LogP) is 5.33. The van der Waals surface area contributed by atoms with Crippen LogP contribution >= 0.6 is 11.6 Å². The lowest BCUT2D eigenvalue weighted by molar-refractivity contribution is 0.102. The molecule has 0 unspecified atom stereocenters. The maximum absolute atomic E-state index is 13.1. The number of amides is 1. The zero-order valence-corrected chi connectivity index (χ0v) is 19.2. The van der Waals surface area contributed by atoms with Crippen LogP contribution in [0.15, 0.2) is 59.5 Å². The van der Waals surface area contributed by atoms with Crippen molar-refractivity contribution in [2.45, 2.75) is 25.7 Å². The molecule has 0 saturated heterocycles. The third-order valence-electron chi connectivity index (χ3n) is 4.75. The minimum absolute atomic E-state index is 0.000851. The largest absolute Gasteiger partial charge is 0.495 e. The number of ether oxygens (including phenoxy) is 1. The number of sulfonamides is 1. The molecule has 2 N–H and O–H groups in total. The van der Waals surface area contributed by atoms with Gasteiger partial charge in [0, 0.05) is 10.6 Å². The van der Waals surface area contributed by atoms with E-state index in [0.717, 1.165) is 16.7 Å². The van der Waals surface area contributed by atoms with Crippen molar-refractivity contribution in [3.8, 4) is 5.75 Å². The summed E-state index contributed by atoms with van der Waals surface area (Å²) < 4.78 is 34.1. The Morgan fingerprint density at radius 3 is 2.13 bits per heavy atom. The van der Waals surface area contributed by atoms with Crippen LogP contribution in [0.5, 0.6) is 5.75 Å². The standard InChI is InChI=1S/C23H23ClN2O4S/c1-14-11-15(2)22(16(3)12-14)26-31(28,29)19-9-10-21(30-4)20(13-19)25-23(27)17-5-7-18(24)8-6-17/h5-13,26H,1-4H3,(H,25,27). The second-order valence-electron chi connectivity index (χ2n) is 7.20. The van der Waals surface area contributed by atoms with Gasteiger partial charge in [0.2, 0.25) is 0 Å². The van der Waals surface area contributed by atoms with Crippen molar-refractivity contribution >= 4 is 38.9 Å². The average molecular weight is 459 g/mol. The van der Waals surface area contributed by atoms with Gasteiger partial charge in [0.05, 0.1) is 23.4 Å². The van der Waals surface area contributed by atoms with Crippen LogP contribution in [-0.2, 0) is 10.0 Å². The highest BCUT2D eigenvalue weighted by Crippen LogP contribution is 2.30. The molecule has 31 heavy (non-hydrogen) atoms. The van der Waals surface area contributed by atoms with Crippen LogP contribution in [0.4, 0.5) is 11.4 Å². The quantitative estimate of drug-likeness (QED) is 0.523. The number of methoxy groups -OCH3 is 1. The molecule has 3 aromatic carbocycles. The minimum atomic E-state index is -3.90. The van der Waals surface area contributed by atoms with E-state index < -0.39 is 15.9 Å². The summed E-state index contributed by atoms with van der Waals surface area (Å²) in [6.45, 7) is 5.66. The van der Waals surface area contributed by atoms with Gasteiger partial charge in [0.1, 0.15) is 5.75 Å². The molecule has 0 aliphatic rings. The number of carbonyl (C=O) groups is 1. The van der Waals surface area contributed by atoms with Crippen LogP contribution in [0.1, 0.15) is 27.0 Å². The van der Waals surface area contributed by atoms with Gasteiger partial charge in [0.15, 0.2) is 0 Å². The number of nitrogens with one attached hydrogen (secondary N) is 2. The second kappa shape index (κ2) is 8.99. The zero-order valence-electron chi connectivity index (χ0n) is 17.6. The Balaban J connectivity index is 1.93. The number of rotatable bonds is 6. The van der Waals surface area contributed by atoms with Gasteiger partial charge >= 0.3 is 0 Å². The van der Waals surface area contributed by atoms with Crippen molar-refractivity contribution in [3.63, 3.8) is 0 Å². The number of benzene rings is 3. The van der Waals surface area contributed by atoms with Gasteiger partial charge in [-0.2, -0.15) is 0 Å². The smallest absolute Gasteiger partial charge is 0.261 e. The summed E-state index contributed by atoms with van der Waals surface area (Å²) in [5.74, 6) is -0.0772. The van der Waals surface area contributed by atoms with Crippen LogP contribution in [0.2, 0.25) is 5.02 Å². The summed E-state index contributed by atoms with van der Waals surface area (Å²) in [5, 5.41) is 3.21. The Labute approximate surface area is 187 Å².